The summed E-state index contributed by atoms with van der Waals surface area (Å²) in [6.45, 7) is 0. The molecule has 0 aliphatic carbocycles. The maximum atomic E-state index is 0. The van der Waals surface area contributed by atoms with Crippen molar-refractivity contribution in [3.05, 3.63) is 0 Å². The zero-order valence-corrected chi connectivity index (χ0v) is 3.34. The van der Waals surface area contributed by atoms with E-state index in [9.17, 15) is 0 Å². The van der Waals surface area contributed by atoms with E-state index < -0.39 is 0 Å². The molecule has 4 heteroatoms. The predicted molar refractivity (Wildman–Crippen MR) is 28.4 cm³/mol. The van der Waals surface area contributed by atoms with Crippen molar-refractivity contribution >= 4 is 79.7 Å². The second-order valence-corrected chi connectivity index (χ2v) is 0. The number of hydrogen-bond acceptors (Lipinski definition) is 0. The molecular formula is H8AlKSiW. The molecule has 0 spiro atoms. The molecule has 0 aromatic rings. The molecule has 0 bridgehead atoms. The van der Waals surface area contributed by atoms with Gasteiger partial charge in [-0.15, -0.1) is 0 Å². The fraction of sp³-hybridized carbons (Fsp3) is 0. The van der Waals surface area contributed by atoms with Gasteiger partial charge in [0, 0.05) is 21.1 Å². The van der Waals surface area contributed by atoms with Crippen LogP contribution in [0.4, 0.5) is 0 Å². The van der Waals surface area contributed by atoms with Gasteiger partial charge in [0.2, 0.25) is 0 Å². The average molecular weight is 286 g/mol. The van der Waals surface area contributed by atoms with Crippen LogP contribution in [-0.4, -0.2) is 79.7 Å². The quantitative estimate of drug-likeness (QED) is 0.410. The summed E-state index contributed by atoms with van der Waals surface area (Å²) >= 11 is 0. The minimum atomic E-state index is 0. The third-order valence-corrected chi connectivity index (χ3v) is 0. The van der Waals surface area contributed by atoms with Crippen LogP contribution in [0, 0.1) is 0 Å². The van der Waals surface area contributed by atoms with E-state index in [1.807, 2.05) is 0 Å². The summed E-state index contributed by atoms with van der Waals surface area (Å²) in [7, 11) is 0. The second kappa shape index (κ2) is 16.5. The van der Waals surface area contributed by atoms with Gasteiger partial charge in [0.1, 0.15) is 0 Å². The molecule has 0 amide bonds. The maximum Gasteiger partial charge on any atom is 0 e. The monoisotopic (exact) mass is 286 g/mol. The van der Waals surface area contributed by atoms with Gasteiger partial charge < -0.3 is 0 Å². The molecule has 22 valence electrons. The van der Waals surface area contributed by atoms with E-state index in [1.165, 1.54) is 0 Å². The molecular weight excluding hydrogens is 278 g/mol. The Balaban J connectivity index is 0. The standard InChI is InChI=1S/Al.K.H4Si.W.4H/h;;1H4;;;;;. The molecule has 0 aromatic heterocycles. The summed E-state index contributed by atoms with van der Waals surface area (Å²) < 4.78 is 0. The molecule has 0 atom stereocenters. The van der Waals surface area contributed by atoms with Gasteiger partial charge in [-0.3, -0.25) is 0 Å². The molecule has 0 saturated carbocycles. The maximum absolute atomic E-state index is 0. The van der Waals surface area contributed by atoms with Crippen molar-refractivity contribution < 1.29 is 21.1 Å². The van der Waals surface area contributed by atoms with Crippen molar-refractivity contribution in [1.29, 1.82) is 0 Å². The van der Waals surface area contributed by atoms with E-state index in [2.05, 4.69) is 0 Å². The predicted octanol–water partition coefficient (Wildman–Crippen LogP) is -3.29. The third-order valence-electron chi connectivity index (χ3n) is 0. The summed E-state index contributed by atoms with van der Waals surface area (Å²) in [5, 5.41) is 0. The molecule has 0 unspecified atom stereocenters. The van der Waals surface area contributed by atoms with Crippen molar-refractivity contribution in [3.63, 3.8) is 0 Å². The average Bonchev–Trinajstić information content (AvgIpc) is 0. The van der Waals surface area contributed by atoms with Crippen molar-refractivity contribution in [3.8, 4) is 0 Å². The first-order chi connectivity index (χ1) is 0. The Morgan fingerprint density at radius 2 is 1.00 bits per heavy atom. The molecule has 0 radical (unpaired) electrons. The van der Waals surface area contributed by atoms with E-state index in [0.29, 0.717) is 0 Å². The summed E-state index contributed by atoms with van der Waals surface area (Å²) in [6, 6.07) is 0. The molecule has 0 nitrogen and oxygen atoms in total. The Hall–Kier alpha value is 3.07. The third kappa shape index (κ3) is 8.91. The Labute approximate surface area is 98.3 Å². The van der Waals surface area contributed by atoms with Crippen molar-refractivity contribution in [2.24, 2.45) is 0 Å². The van der Waals surface area contributed by atoms with Gasteiger partial charge >= 0.3 is 51.4 Å². The van der Waals surface area contributed by atoms with Crippen LogP contribution in [0.25, 0.3) is 0 Å². The summed E-state index contributed by atoms with van der Waals surface area (Å²) in [5.74, 6) is 0. The van der Waals surface area contributed by atoms with E-state index in [0.717, 1.165) is 0 Å². The van der Waals surface area contributed by atoms with Crippen molar-refractivity contribution in [1.82, 2.24) is 0 Å². The smallest absolute Gasteiger partial charge is 0 e. The first kappa shape index (κ1) is 27.6. The van der Waals surface area contributed by atoms with E-state index in [1.54, 1.807) is 0 Å². The van der Waals surface area contributed by atoms with Crippen molar-refractivity contribution in [2.45, 2.75) is 0 Å². The SMILES string of the molecule is [AlH3].[KH].[SiH4].[W]. The van der Waals surface area contributed by atoms with Gasteiger partial charge in [-0.1, -0.05) is 0 Å². The summed E-state index contributed by atoms with van der Waals surface area (Å²) in [4.78, 5) is 0. The van der Waals surface area contributed by atoms with Crippen LogP contribution in [-0.2, 0) is 21.1 Å². The molecule has 0 N–H and O–H groups in total. The van der Waals surface area contributed by atoms with Crippen LogP contribution >= 0.6 is 0 Å². The van der Waals surface area contributed by atoms with Crippen LogP contribution in [0.2, 0.25) is 0 Å². The van der Waals surface area contributed by atoms with Gasteiger partial charge in [0.05, 0.1) is 0 Å². The van der Waals surface area contributed by atoms with E-state index >= 15 is 0 Å². The topological polar surface area (TPSA) is 0 Å². The Morgan fingerprint density at radius 1 is 1.00 bits per heavy atom. The number of rotatable bonds is 0. The van der Waals surface area contributed by atoms with Gasteiger partial charge in [0.15, 0.2) is 17.4 Å². The molecule has 0 aliphatic rings. The number of hydrogen-bond donors (Lipinski definition) is 0. The molecule has 0 aliphatic heterocycles. The first-order valence-corrected chi connectivity index (χ1v) is 0. The van der Waals surface area contributed by atoms with E-state index in [-0.39, 0.29) is 101 Å². The Kier molecular flexibility index (Phi) is 114. The van der Waals surface area contributed by atoms with Crippen LogP contribution in [0.1, 0.15) is 0 Å². The normalized spacial score (nSPS) is 0. The van der Waals surface area contributed by atoms with Crippen molar-refractivity contribution in [2.75, 3.05) is 0 Å². The molecule has 0 fully saturated rings. The minimum Gasteiger partial charge on any atom is -0.0149 e. The van der Waals surface area contributed by atoms with Gasteiger partial charge in [-0.25, -0.2) is 0 Å². The first-order valence-electron chi connectivity index (χ1n) is 0. The largest absolute Gasteiger partial charge is 0.0149 e. The summed E-state index contributed by atoms with van der Waals surface area (Å²) in [6.07, 6.45) is 0. The van der Waals surface area contributed by atoms with Crippen LogP contribution in [0.15, 0.2) is 0 Å². The summed E-state index contributed by atoms with van der Waals surface area (Å²) in [5.41, 5.74) is 0. The van der Waals surface area contributed by atoms with E-state index in [4.69, 9.17) is 0 Å². The van der Waals surface area contributed by atoms with Crippen LogP contribution in [0.3, 0.4) is 0 Å². The van der Waals surface area contributed by atoms with Gasteiger partial charge in [-0.05, 0) is 11.0 Å². The van der Waals surface area contributed by atoms with Crippen LogP contribution < -0.4 is 0 Å². The molecule has 0 saturated heterocycles. The Bertz CT molecular complexity index is 8.00. The molecule has 0 aromatic carbocycles. The molecule has 4 heavy (non-hydrogen) atoms. The zero-order valence-electron chi connectivity index (χ0n) is 0.408. The second-order valence-electron chi connectivity index (χ2n) is 0. The minimum absolute atomic E-state index is 0. The fourth-order valence-electron chi connectivity index (χ4n) is 0. The van der Waals surface area contributed by atoms with Crippen LogP contribution in [0.5, 0.6) is 0 Å². The Morgan fingerprint density at radius 3 is 1.00 bits per heavy atom. The molecule has 0 heterocycles. The molecule has 0 rings (SSSR count). The van der Waals surface area contributed by atoms with Gasteiger partial charge in [0.25, 0.3) is 0 Å². The fourth-order valence-corrected chi connectivity index (χ4v) is 0. The zero-order chi connectivity index (χ0) is 0. The van der Waals surface area contributed by atoms with Gasteiger partial charge in [-0.2, -0.15) is 0 Å².